The van der Waals surface area contributed by atoms with Gasteiger partial charge in [0.15, 0.2) is 0 Å². The van der Waals surface area contributed by atoms with Crippen molar-refractivity contribution in [3.05, 3.63) is 33.8 Å². The third-order valence-electron chi connectivity index (χ3n) is 3.93. The van der Waals surface area contributed by atoms with E-state index in [1.165, 1.54) is 24.0 Å². The molecule has 1 saturated carbocycles. The molecular formula is C16H22BrNO2. The lowest BCUT2D eigenvalue weighted by molar-refractivity contribution is -0.0392. The molecule has 1 N–H and O–H groups in total. The van der Waals surface area contributed by atoms with Gasteiger partial charge in [0.05, 0.1) is 12.7 Å². The van der Waals surface area contributed by atoms with Crippen molar-refractivity contribution in [2.45, 2.75) is 51.0 Å². The van der Waals surface area contributed by atoms with Crippen molar-refractivity contribution in [2.24, 2.45) is 0 Å². The highest BCUT2D eigenvalue weighted by molar-refractivity contribution is 9.10. The van der Waals surface area contributed by atoms with Gasteiger partial charge < -0.3 is 14.8 Å². The minimum atomic E-state index is 0.354. The molecule has 1 aromatic rings. The standard InChI is InChI=1S/C16H22BrNO2/c17-16-9-12(10-18-14-3-4-14)1-2-13(16)11-20-15-5-7-19-8-6-15/h1-2,9,14-15,18H,3-8,10-11H2. The number of ether oxygens (including phenoxy) is 2. The van der Waals surface area contributed by atoms with Crippen molar-refractivity contribution in [3.63, 3.8) is 0 Å². The molecule has 0 amide bonds. The van der Waals surface area contributed by atoms with Crippen molar-refractivity contribution < 1.29 is 9.47 Å². The molecule has 2 aliphatic rings. The molecule has 4 heteroatoms. The van der Waals surface area contributed by atoms with Crippen LogP contribution in [0.5, 0.6) is 0 Å². The topological polar surface area (TPSA) is 30.5 Å². The molecule has 0 atom stereocenters. The zero-order chi connectivity index (χ0) is 13.8. The Bertz CT molecular complexity index is 442. The summed E-state index contributed by atoms with van der Waals surface area (Å²) in [5, 5.41) is 3.54. The smallest absolute Gasteiger partial charge is 0.0731 e. The summed E-state index contributed by atoms with van der Waals surface area (Å²) in [4.78, 5) is 0. The van der Waals surface area contributed by atoms with Crippen LogP contribution in [-0.2, 0) is 22.6 Å². The maximum absolute atomic E-state index is 5.97. The minimum Gasteiger partial charge on any atom is -0.381 e. The van der Waals surface area contributed by atoms with E-state index >= 15 is 0 Å². The zero-order valence-corrected chi connectivity index (χ0v) is 13.3. The van der Waals surface area contributed by atoms with Crippen LogP contribution in [0.25, 0.3) is 0 Å². The van der Waals surface area contributed by atoms with E-state index in [1.54, 1.807) is 0 Å². The summed E-state index contributed by atoms with van der Waals surface area (Å²) in [5.74, 6) is 0. The summed E-state index contributed by atoms with van der Waals surface area (Å²) in [6, 6.07) is 7.33. The molecule has 1 saturated heterocycles. The molecule has 20 heavy (non-hydrogen) atoms. The number of rotatable bonds is 6. The lowest BCUT2D eigenvalue weighted by Crippen LogP contribution is -2.23. The van der Waals surface area contributed by atoms with Crippen molar-refractivity contribution in [2.75, 3.05) is 13.2 Å². The first-order valence-corrected chi connectivity index (χ1v) is 8.30. The molecule has 0 bridgehead atoms. The molecule has 0 unspecified atom stereocenters. The van der Waals surface area contributed by atoms with Crippen LogP contribution in [0.4, 0.5) is 0 Å². The van der Waals surface area contributed by atoms with Gasteiger partial charge in [-0.1, -0.05) is 28.1 Å². The maximum Gasteiger partial charge on any atom is 0.0731 e. The van der Waals surface area contributed by atoms with Crippen LogP contribution in [0.1, 0.15) is 36.8 Å². The Morgan fingerprint density at radius 2 is 2.00 bits per heavy atom. The van der Waals surface area contributed by atoms with Gasteiger partial charge in [0.1, 0.15) is 0 Å². The third kappa shape index (κ3) is 4.29. The lowest BCUT2D eigenvalue weighted by Gasteiger charge is -2.22. The molecule has 2 fully saturated rings. The van der Waals surface area contributed by atoms with Crippen molar-refractivity contribution >= 4 is 15.9 Å². The molecule has 1 heterocycles. The second-order valence-corrected chi connectivity index (χ2v) is 6.56. The summed E-state index contributed by atoms with van der Waals surface area (Å²) < 4.78 is 12.5. The van der Waals surface area contributed by atoms with E-state index < -0.39 is 0 Å². The highest BCUT2D eigenvalue weighted by Gasteiger charge is 2.20. The Morgan fingerprint density at radius 3 is 2.70 bits per heavy atom. The molecule has 3 rings (SSSR count). The Labute approximate surface area is 129 Å². The predicted octanol–water partition coefficient (Wildman–Crippen LogP) is 3.40. The summed E-state index contributed by atoms with van der Waals surface area (Å²) in [6.07, 6.45) is 5.05. The van der Waals surface area contributed by atoms with Gasteiger partial charge in [-0.25, -0.2) is 0 Å². The summed E-state index contributed by atoms with van der Waals surface area (Å²) in [5.41, 5.74) is 2.56. The number of hydrogen-bond acceptors (Lipinski definition) is 3. The third-order valence-corrected chi connectivity index (χ3v) is 4.67. The molecule has 0 aromatic heterocycles. The molecular weight excluding hydrogens is 318 g/mol. The molecule has 0 radical (unpaired) electrons. The van der Waals surface area contributed by atoms with E-state index in [0.29, 0.717) is 12.7 Å². The molecule has 0 spiro atoms. The van der Waals surface area contributed by atoms with Crippen molar-refractivity contribution in [1.82, 2.24) is 5.32 Å². The van der Waals surface area contributed by atoms with E-state index in [9.17, 15) is 0 Å². The Hall–Kier alpha value is -0.420. The van der Waals surface area contributed by atoms with E-state index in [0.717, 1.165) is 43.1 Å². The van der Waals surface area contributed by atoms with Crippen LogP contribution in [-0.4, -0.2) is 25.4 Å². The van der Waals surface area contributed by atoms with Crippen molar-refractivity contribution in [1.29, 1.82) is 0 Å². The Balaban J connectivity index is 1.50. The fourth-order valence-electron chi connectivity index (χ4n) is 2.42. The number of benzene rings is 1. The Kier molecular flexibility index (Phi) is 5.10. The largest absolute Gasteiger partial charge is 0.381 e. The summed E-state index contributed by atoms with van der Waals surface area (Å²) in [7, 11) is 0. The van der Waals surface area contributed by atoms with Gasteiger partial charge in [0.25, 0.3) is 0 Å². The van der Waals surface area contributed by atoms with E-state index in [2.05, 4.69) is 39.4 Å². The highest BCUT2D eigenvalue weighted by Crippen LogP contribution is 2.23. The van der Waals surface area contributed by atoms with E-state index in [1.807, 2.05) is 0 Å². The maximum atomic E-state index is 5.97. The van der Waals surface area contributed by atoms with Crippen LogP contribution in [0.15, 0.2) is 22.7 Å². The second kappa shape index (κ2) is 7.03. The van der Waals surface area contributed by atoms with Gasteiger partial charge in [-0.2, -0.15) is 0 Å². The molecule has 1 aromatic carbocycles. The van der Waals surface area contributed by atoms with Gasteiger partial charge >= 0.3 is 0 Å². The predicted molar refractivity (Wildman–Crippen MR) is 82.6 cm³/mol. The highest BCUT2D eigenvalue weighted by atomic mass is 79.9. The van der Waals surface area contributed by atoms with E-state index in [-0.39, 0.29) is 0 Å². The second-order valence-electron chi connectivity index (χ2n) is 5.70. The minimum absolute atomic E-state index is 0.354. The van der Waals surface area contributed by atoms with E-state index in [4.69, 9.17) is 9.47 Å². The fraction of sp³-hybridized carbons (Fsp3) is 0.625. The van der Waals surface area contributed by atoms with Crippen LogP contribution in [0, 0.1) is 0 Å². The first kappa shape index (κ1) is 14.5. The monoisotopic (exact) mass is 339 g/mol. The average molecular weight is 340 g/mol. The van der Waals surface area contributed by atoms with Gasteiger partial charge in [0, 0.05) is 30.3 Å². The fourth-order valence-corrected chi connectivity index (χ4v) is 2.96. The lowest BCUT2D eigenvalue weighted by atomic mass is 10.1. The van der Waals surface area contributed by atoms with Crippen LogP contribution in [0.3, 0.4) is 0 Å². The zero-order valence-electron chi connectivity index (χ0n) is 11.7. The van der Waals surface area contributed by atoms with Crippen LogP contribution in [0.2, 0.25) is 0 Å². The first-order valence-electron chi connectivity index (χ1n) is 7.51. The molecule has 1 aliphatic heterocycles. The summed E-state index contributed by atoms with van der Waals surface area (Å²) >= 11 is 3.66. The Morgan fingerprint density at radius 1 is 1.20 bits per heavy atom. The summed E-state index contributed by atoms with van der Waals surface area (Å²) in [6.45, 7) is 3.31. The average Bonchev–Trinajstić information content (AvgIpc) is 3.29. The first-order chi connectivity index (χ1) is 9.81. The normalized spacial score (nSPS) is 20.2. The number of halogens is 1. The quantitative estimate of drug-likeness (QED) is 0.861. The molecule has 110 valence electrons. The van der Waals surface area contributed by atoms with Gasteiger partial charge in [-0.05, 0) is 42.9 Å². The molecule has 3 nitrogen and oxygen atoms in total. The van der Waals surface area contributed by atoms with Crippen LogP contribution < -0.4 is 5.32 Å². The number of hydrogen-bond donors (Lipinski definition) is 1. The van der Waals surface area contributed by atoms with Crippen molar-refractivity contribution in [3.8, 4) is 0 Å². The van der Waals surface area contributed by atoms with Gasteiger partial charge in [-0.3, -0.25) is 0 Å². The van der Waals surface area contributed by atoms with Crippen LogP contribution >= 0.6 is 15.9 Å². The molecule has 1 aliphatic carbocycles. The van der Waals surface area contributed by atoms with Gasteiger partial charge in [-0.15, -0.1) is 0 Å². The SMILES string of the molecule is Brc1cc(CNC2CC2)ccc1COC1CCOCC1. The van der Waals surface area contributed by atoms with Gasteiger partial charge in [0.2, 0.25) is 0 Å². The number of nitrogens with one attached hydrogen (secondary N) is 1.